The summed E-state index contributed by atoms with van der Waals surface area (Å²) in [6.07, 6.45) is 0. The van der Waals surface area contributed by atoms with Gasteiger partial charge in [-0.2, -0.15) is 5.10 Å². The van der Waals surface area contributed by atoms with Crippen LogP contribution in [0.25, 0.3) is 0 Å². The van der Waals surface area contributed by atoms with Crippen LogP contribution in [0.2, 0.25) is 0 Å². The lowest BCUT2D eigenvalue weighted by Crippen LogP contribution is -2.01. The molecule has 2 N–H and O–H groups in total. The highest BCUT2D eigenvalue weighted by molar-refractivity contribution is 5.45. The fourth-order valence-corrected chi connectivity index (χ4v) is 1.09. The van der Waals surface area contributed by atoms with Gasteiger partial charge in [0.05, 0.1) is 6.61 Å². The van der Waals surface area contributed by atoms with Gasteiger partial charge in [0.2, 0.25) is 0 Å². The number of aromatic amines is 1. The van der Waals surface area contributed by atoms with Gasteiger partial charge in [0.15, 0.2) is 5.82 Å². The van der Waals surface area contributed by atoms with E-state index in [9.17, 15) is 0 Å². The second-order valence-corrected chi connectivity index (χ2v) is 2.64. The number of methoxy groups -OCH3 is 1. The lowest BCUT2D eigenvalue weighted by atomic mass is 10.2. The first-order chi connectivity index (χ1) is 5.79. The molecule has 1 aromatic heterocycles. The van der Waals surface area contributed by atoms with Gasteiger partial charge in [-0.1, -0.05) is 0 Å². The number of aromatic nitrogens is 2. The zero-order valence-electron chi connectivity index (χ0n) is 7.77. The largest absolute Gasteiger partial charge is 0.380 e. The van der Waals surface area contributed by atoms with Crippen molar-refractivity contribution in [2.24, 2.45) is 0 Å². The van der Waals surface area contributed by atoms with Crippen molar-refractivity contribution in [1.82, 2.24) is 10.2 Å². The Morgan fingerprint density at radius 1 is 1.58 bits per heavy atom. The van der Waals surface area contributed by atoms with E-state index in [-0.39, 0.29) is 0 Å². The number of H-pyrrole nitrogens is 1. The molecule has 0 aliphatic rings. The molecule has 68 valence electrons. The molecule has 0 unspecified atom stereocenters. The number of rotatable bonds is 4. The molecule has 1 aromatic rings. The van der Waals surface area contributed by atoms with E-state index in [4.69, 9.17) is 4.74 Å². The summed E-state index contributed by atoms with van der Waals surface area (Å²) in [6.45, 7) is 5.51. The summed E-state index contributed by atoms with van der Waals surface area (Å²) in [5.74, 6) is 0.900. The minimum Gasteiger partial charge on any atom is -0.380 e. The number of nitrogens with one attached hydrogen (secondary N) is 2. The Labute approximate surface area is 72.3 Å². The highest BCUT2D eigenvalue weighted by atomic mass is 16.5. The lowest BCUT2D eigenvalue weighted by Gasteiger charge is -2.02. The predicted octanol–water partition coefficient (Wildman–Crippen LogP) is 1.30. The van der Waals surface area contributed by atoms with Gasteiger partial charge in [0, 0.05) is 24.9 Å². The van der Waals surface area contributed by atoms with E-state index in [0.717, 1.165) is 23.6 Å². The molecule has 0 saturated carbocycles. The van der Waals surface area contributed by atoms with E-state index in [1.54, 1.807) is 7.11 Å². The Morgan fingerprint density at radius 3 is 2.92 bits per heavy atom. The van der Waals surface area contributed by atoms with E-state index in [1.165, 1.54) is 0 Å². The number of hydrogen-bond donors (Lipinski definition) is 2. The Kier molecular flexibility index (Phi) is 3.10. The van der Waals surface area contributed by atoms with Crippen molar-refractivity contribution in [2.45, 2.75) is 20.5 Å². The van der Waals surface area contributed by atoms with Crippen molar-refractivity contribution in [2.75, 3.05) is 19.0 Å². The van der Waals surface area contributed by atoms with Gasteiger partial charge in [-0.25, -0.2) is 0 Å². The van der Waals surface area contributed by atoms with Gasteiger partial charge in [0.25, 0.3) is 0 Å². The molecule has 1 rings (SSSR count). The van der Waals surface area contributed by atoms with Crippen molar-refractivity contribution in [3.8, 4) is 0 Å². The van der Waals surface area contributed by atoms with E-state index >= 15 is 0 Å². The standard InChI is InChI=1S/C8H15N3O/c1-4-9-8-7(5-12-3)6(2)10-11-8/h4-5H2,1-3H3,(H2,9,10,11). The van der Waals surface area contributed by atoms with Gasteiger partial charge in [-0.05, 0) is 13.8 Å². The third-order valence-corrected chi connectivity index (χ3v) is 1.71. The quantitative estimate of drug-likeness (QED) is 0.714. The van der Waals surface area contributed by atoms with Crippen LogP contribution < -0.4 is 5.32 Å². The molecule has 0 bridgehead atoms. The molecule has 0 saturated heterocycles. The van der Waals surface area contributed by atoms with E-state index in [1.807, 2.05) is 13.8 Å². The summed E-state index contributed by atoms with van der Waals surface area (Å²) in [7, 11) is 1.68. The second kappa shape index (κ2) is 4.11. The van der Waals surface area contributed by atoms with E-state index < -0.39 is 0 Å². The Balaban J connectivity index is 2.80. The third-order valence-electron chi connectivity index (χ3n) is 1.71. The molecule has 0 aliphatic heterocycles. The van der Waals surface area contributed by atoms with Crippen LogP contribution in [-0.2, 0) is 11.3 Å². The van der Waals surface area contributed by atoms with Crippen molar-refractivity contribution >= 4 is 5.82 Å². The number of hydrogen-bond acceptors (Lipinski definition) is 3. The Hall–Kier alpha value is -1.03. The average molecular weight is 169 g/mol. The summed E-state index contributed by atoms with van der Waals surface area (Å²) in [5, 5.41) is 10.2. The summed E-state index contributed by atoms with van der Waals surface area (Å²) in [4.78, 5) is 0. The maximum absolute atomic E-state index is 5.05. The first kappa shape index (κ1) is 9.06. The molecule has 0 radical (unpaired) electrons. The summed E-state index contributed by atoms with van der Waals surface area (Å²) >= 11 is 0. The SMILES string of the molecule is CCNc1n[nH]c(C)c1COC. The fourth-order valence-electron chi connectivity index (χ4n) is 1.09. The molecule has 4 heteroatoms. The van der Waals surface area contributed by atoms with Crippen LogP contribution in [0.15, 0.2) is 0 Å². The maximum atomic E-state index is 5.05. The van der Waals surface area contributed by atoms with Crippen LogP contribution in [0.5, 0.6) is 0 Å². The number of aryl methyl sites for hydroxylation is 1. The fraction of sp³-hybridized carbons (Fsp3) is 0.625. The summed E-state index contributed by atoms with van der Waals surface area (Å²) in [6, 6.07) is 0. The maximum Gasteiger partial charge on any atom is 0.153 e. The van der Waals surface area contributed by atoms with Crippen LogP contribution in [0.3, 0.4) is 0 Å². The molecule has 0 spiro atoms. The average Bonchev–Trinajstić information content (AvgIpc) is 2.37. The van der Waals surface area contributed by atoms with Crippen molar-refractivity contribution in [1.29, 1.82) is 0 Å². The smallest absolute Gasteiger partial charge is 0.153 e. The first-order valence-corrected chi connectivity index (χ1v) is 4.06. The van der Waals surface area contributed by atoms with Crippen LogP contribution in [0.1, 0.15) is 18.2 Å². The van der Waals surface area contributed by atoms with Crippen molar-refractivity contribution < 1.29 is 4.74 Å². The van der Waals surface area contributed by atoms with Gasteiger partial charge >= 0.3 is 0 Å². The Bertz CT molecular complexity index is 244. The van der Waals surface area contributed by atoms with Crippen LogP contribution in [0, 0.1) is 6.92 Å². The van der Waals surface area contributed by atoms with Crippen LogP contribution in [0.4, 0.5) is 5.82 Å². The van der Waals surface area contributed by atoms with Crippen molar-refractivity contribution in [3.63, 3.8) is 0 Å². The summed E-state index contributed by atoms with van der Waals surface area (Å²) < 4.78 is 5.05. The molecule has 0 aromatic carbocycles. The van der Waals surface area contributed by atoms with Gasteiger partial charge < -0.3 is 10.1 Å². The lowest BCUT2D eigenvalue weighted by molar-refractivity contribution is 0.185. The molecule has 0 aliphatic carbocycles. The number of nitrogens with zero attached hydrogens (tertiary/aromatic N) is 1. The molecule has 0 atom stereocenters. The molecule has 12 heavy (non-hydrogen) atoms. The topological polar surface area (TPSA) is 49.9 Å². The van der Waals surface area contributed by atoms with E-state index in [0.29, 0.717) is 6.61 Å². The Morgan fingerprint density at radius 2 is 2.33 bits per heavy atom. The van der Waals surface area contributed by atoms with Gasteiger partial charge in [-0.15, -0.1) is 0 Å². The van der Waals surface area contributed by atoms with Crippen molar-refractivity contribution in [3.05, 3.63) is 11.3 Å². The minimum absolute atomic E-state index is 0.602. The highest BCUT2D eigenvalue weighted by Crippen LogP contribution is 2.15. The zero-order valence-corrected chi connectivity index (χ0v) is 7.77. The molecular formula is C8H15N3O. The van der Waals surface area contributed by atoms with Gasteiger partial charge in [-0.3, -0.25) is 5.10 Å². The first-order valence-electron chi connectivity index (χ1n) is 4.06. The second-order valence-electron chi connectivity index (χ2n) is 2.64. The molecule has 1 heterocycles. The highest BCUT2D eigenvalue weighted by Gasteiger charge is 2.07. The monoisotopic (exact) mass is 169 g/mol. The minimum atomic E-state index is 0.602. The van der Waals surface area contributed by atoms with Crippen LogP contribution in [-0.4, -0.2) is 23.9 Å². The number of ether oxygens (including phenoxy) is 1. The predicted molar refractivity (Wildman–Crippen MR) is 48.2 cm³/mol. The number of anilines is 1. The van der Waals surface area contributed by atoms with Crippen LogP contribution >= 0.6 is 0 Å². The molecule has 4 nitrogen and oxygen atoms in total. The normalized spacial score (nSPS) is 10.2. The molecule has 0 fully saturated rings. The summed E-state index contributed by atoms with van der Waals surface area (Å²) in [5.41, 5.74) is 2.17. The zero-order chi connectivity index (χ0) is 8.97. The molecule has 0 amide bonds. The third kappa shape index (κ3) is 1.76. The van der Waals surface area contributed by atoms with E-state index in [2.05, 4.69) is 15.5 Å². The van der Waals surface area contributed by atoms with Gasteiger partial charge in [0.1, 0.15) is 0 Å². The molecular weight excluding hydrogens is 154 g/mol.